The molecule has 1 aromatic rings. The summed E-state index contributed by atoms with van der Waals surface area (Å²) in [6, 6.07) is 1.91. The van der Waals surface area contributed by atoms with Gasteiger partial charge in [0.05, 0.1) is 19.4 Å². The lowest BCUT2D eigenvalue weighted by molar-refractivity contribution is 0.265. The fourth-order valence-electron chi connectivity index (χ4n) is 1.43. The smallest absolute Gasteiger partial charge is 0.133 e. The van der Waals surface area contributed by atoms with E-state index in [-0.39, 0.29) is 6.04 Å². The van der Waals surface area contributed by atoms with E-state index in [1.54, 1.807) is 13.4 Å². The Morgan fingerprint density at radius 3 is 3.25 bits per heavy atom. The molecule has 1 atom stereocenters. The lowest BCUT2D eigenvalue weighted by Gasteiger charge is -2.18. The molecule has 3 nitrogen and oxygen atoms in total. The highest BCUT2D eigenvalue weighted by Gasteiger charge is 2.20. The van der Waals surface area contributed by atoms with Crippen LogP contribution in [0.15, 0.2) is 22.5 Å². The second-order valence-corrected chi connectivity index (χ2v) is 2.87. The molecule has 2 rings (SSSR count). The SMILES string of the molecule is COC1=Cc2occc2CC1N. The van der Waals surface area contributed by atoms with Gasteiger partial charge in [0.25, 0.3) is 0 Å². The lowest BCUT2D eigenvalue weighted by atomic mass is 9.99. The van der Waals surface area contributed by atoms with Crippen LogP contribution in [0, 0.1) is 0 Å². The molecule has 0 bridgehead atoms. The molecule has 12 heavy (non-hydrogen) atoms. The van der Waals surface area contributed by atoms with Gasteiger partial charge in [-0.1, -0.05) is 0 Å². The fourth-order valence-corrected chi connectivity index (χ4v) is 1.43. The van der Waals surface area contributed by atoms with Crippen molar-refractivity contribution in [1.82, 2.24) is 0 Å². The minimum absolute atomic E-state index is 0.0277. The Morgan fingerprint density at radius 2 is 2.50 bits per heavy atom. The Hall–Kier alpha value is -1.22. The maximum absolute atomic E-state index is 5.83. The standard InChI is InChI=1S/C9H11NO2/c1-11-9-5-8-6(2-3-12-8)4-7(9)10/h2-3,5,7H,4,10H2,1H3. The van der Waals surface area contributed by atoms with Crippen molar-refractivity contribution in [2.45, 2.75) is 12.5 Å². The van der Waals surface area contributed by atoms with Crippen LogP contribution in [0.4, 0.5) is 0 Å². The molecule has 0 fully saturated rings. The van der Waals surface area contributed by atoms with E-state index >= 15 is 0 Å². The summed E-state index contributed by atoms with van der Waals surface area (Å²) in [6.07, 6.45) is 4.32. The second-order valence-electron chi connectivity index (χ2n) is 2.87. The highest BCUT2D eigenvalue weighted by Crippen LogP contribution is 2.23. The Labute approximate surface area is 70.8 Å². The van der Waals surface area contributed by atoms with Crippen LogP contribution in [0.3, 0.4) is 0 Å². The average molecular weight is 165 g/mol. The third kappa shape index (κ3) is 1.02. The number of hydrogen-bond acceptors (Lipinski definition) is 3. The van der Waals surface area contributed by atoms with Crippen molar-refractivity contribution in [2.24, 2.45) is 5.73 Å². The quantitative estimate of drug-likeness (QED) is 0.679. The van der Waals surface area contributed by atoms with Gasteiger partial charge < -0.3 is 14.9 Å². The van der Waals surface area contributed by atoms with Crippen LogP contribution in [0.25, 0.3) is 6.08 Å². The molecule has 0 radical (unpaired) electrons. The molecule has 64 valence electrons. The molecule has 1 heterocycles. The zero-order valence-corrected chi connectivity index (χ0v) is 6.91. The third-order valence-electron chi connectivity index (χ3n) is 2.10. The van der Waals surface area contributed by atoms with Crippen molar-refractivity contribution in [3.05, 3.63) is 29.4 Å². The van der Waals surface area contributed by atoms with Crippen molar-refractivity contribution in [3.63, 3.8) is 0 Å². The van der Waals surface area contributed by atoms with E-state index < -0.39 is 0 Å². The molecule has 0 spiro atoms. The van der Waals surface area contributed by atoms with Crippen molar-refractivity contribution in [2.75, 3.05) is 7.11 Å². The monoisotopic (exact) mass is 165 g/mol. The zero-order chi connectivity index (χ0) is 8.55. The third-order valence-corrected chi connectivity index (χ3v) is 2.10. The van der Waals surface area contributed by atoms with Crippen molar-refractivity contribution in [3.8, 4) is 0 Å². The van der Waals surface area contributed by atoms with Crippen molar-refractivity contribution >= 4 is 6.08 Å². The van der Waals surface area contributed by atoms with Gasteiger partial charge in [0, 0.05) is 6.08 Å². The topological polar surface area (TPSA) is 48.4 Å². The number of ether oxygens (including phenoxy) is 1. The Morgan fingerprint density at radius 1 is 1.67 bits per heavy atom. The van der Waals surface area contributed by atoms with Gasteiger partial charge in [-0.2, -0.15) is 0 Å². The van der Waals surface area contributed by atoms with Crippen LogP contribution in [0.5, 0.6) is 0 Å². The number of furan rings is 1. The largest absolute Gasteiger partial charge is 0.499 e. The number of rotatable bonds is 1. The van der Waals surface area contributed by atoms with E-state index in [0.29, 0.717) is 0 Å². The fraction of sp³-hybridized carbons (Fsp3) is 0.333. The molecule has 1 aliphatic rings. The summed E-state index contributed by atoms with van der Waals surface area (Å²) in [5, 5.41) is 0. The van der Waals surface area contributed by atoms with E-state index in [0.717, 1.165) is 23.5 Å². The molecule has 0 amide bonds. The lowest BCUT2D eigenvalue weighted by Crippen LogP contribution is -2.28. The number of fused-ring (bicyclic) bond motifs is 1. The van der Waals surface area contributed by atoms with Crippen LogP contribution in [0.2, 0.25) is 0 Å². The van der Waals surface area contributed by atoms with Gasteiger partial charge in [-0.15, -0.1) is 0 Å². The maximum atomic E-state index is 5.83. The van der Waals surface area contributed by atoms with E-state index in [9.17, 15) is 0 Å². The molecular formula is C9H11NO2. The van der Waals surface area contributed by atoms with Gasteiger partial charge in [0.15, 0.2) is 0 Å². The van der Waals surface area contributed by atoms with Crippen LogP contribution in [0.1, 0.15) is 11.3 Å². The first-order chi connectivity index (χ1) is 5.81. The Bertz CT molecular complexity index is 314. The average Bonchev–Trinajstić information content (AvgIpc) is 2.49. The minimum Gasteiger partial charge on any atom is -0.499 e. The Balaban J connectivity index is 2.40. The first-order valence-corrected chi connectivity index (χ1v) is 3.89. The van der Waals surface area contributed by atoms with Crippen LogP contribution < -0.4 is 5.73 Å². The van der Waals surface area contributed by atoms with Crippen molar-refractivity contribution < 1.29 is 9.15 Å². The van der Waals surface area contributed by atoms with Gasteiger partial charge in [-0.05, 0) is 18.1 Å². The van der Waals surface area contributed by atoms with E-state index in [1.807, 2.05) is 12.1 Å². The van der Waals surface area contributed by atoms with Gasteiger partial charge in [-0.25, -0.2) is 0 Å². The predicted molar refractivity (Wildman–Crippen MR) is 45.4 cm³/mol. The van der Waals surface area contributed by atoms with Gasteiger partial charge in [0.2, 0.25) is 0 Å². The molecule has 1 aromatic heterocycles. The molecule has 2 N–H and O–H groups in total. The number of hydrogen-bond donors (Lipinski definition) is 1. The molecule has 0 saturated heterocycles. The van der Waals surface area contributed by atoms with E-state index in [2.05, 4.69) is 0 Å². The van der Waals surface area contributed by atoms with Crippen LogP contribution in [-0.4, -0.2) is 13.2 Å². The number of nitrogens with two attached hydrogens (primary N) is 1. The minimum atomic E-state index is -0.0277. The molecule has 0 saturated carbocycles. The molecule has 1 aliphatic carbocycles. The highest BCUT2D eigenvalue weighted by atomic mass is 16.5. The highest BCUT2D eigenvalue weighted by molar-refractivity contribution is 5.54. The normalized spacial score (nSPS) is 21.5. The first-order valence-electron chi connectivity index (χ1n) is 3.89. The van der Waals surface area contributed by atoms with Gasteiger partial charge >= 0.3 is 0 Å². The number of methoxy groups -OCH3 is 1. The van der Waals surface area contributed by atoms with E-state index in [1.165, 1.54) is 0 Å². The molecule has 0 aromatic carbocycles. The predicted octanol–water partition coefficient (Wildman–Crippen LogP) is 1.15. The summed E-state index contributed by atoms with van der Waals surface area (Å²) >= 11 is 0. The van der Waals surface area contributed by atoms with Crippen molar-refractivity contribution in [1.29, 1.82) is 0 Å². The summed E-state index contributed by atoms with van der Waals surface area (Å²) in [5.41, 5.74) is 6.98. The molecule has 0 aliphatic heterocycles. The summed E-state index contributed by atoms with van der Waals surface area (Å²) in [7, 11) is 1.62. The van der Waals surface area contributed by atoms with Gasteiger partial charge in [0.1, 0.15) is 11.5 Å². The molecular weight excluding hydrogens is 154 g/mol. The van der Waals surface area contributed by atoms with Crippen LogP contribution in [-0.2, 0) is 11.2 Å². The summed E-state index contributed by atoms with van der Waals surface area (Å²) < 4.78 is 10.3. The van der Waals surface area contributed by atoms with Gasteiger partial charge in [-0.3, -0.25) is 0 Å². The first kappa shape index (κ1) is 7.43. The Kier molecular flexibility index (Phi) is 1.66. The summed E-state index contributed by atoms with van der Waals surface area (Å²) in [4.78, 5) is 0. The zero-order valence-electron chi connectivity index (χ0n) is 6.91. The second kappa shape index (κ2) is 2.68. The maximum Gasteiger partial charge on any atom is 0.133 e. The summed E-state index contributed by atoms with van der Waals surface area (Å²) in [5.74, 6) is 1.66. The molecule has 1 unspecified atom stereocenters. The van der Waals surface area contributed by atoms with Crippen LogP contribution >= 0.6 is 0 Å². The van der Waals surface area contributed by atoms with E-state index in [4.69, 9.17) is 14.9 Å². The molecule has 3 heteroatoms. The summed E-state index contributed by atoms with van der Waals surface area (Å²) in [6.45, 7) is 0.